The van der Waals surface area contributed by atoms with Crippen molar-refractivity contribution in [2.45, 2.75) is 65.1 Å². The predicted octanol–water partition coefficient (Wildman–Crippen LogP) is 1.70. The molecule has 106 valence electrons. The summed E-state index contributed by atoms with van der Waals surface area (Å²) in [5, 5.41) is 2.86. The van der Waals surface area contributed by atoms with Crippen LogP contribution in [0, 0.1) is 5.92 Å². The SMILES string of the molecule is CCN(CCC(N)NC(=O)C(C)C)C1CCCC1. The maximum Gasteiger partial charge on any atom is 0.223 e. The van der Waals surface area contributed by atoms with Crippen molar-refractivity contribution < 1.29 is 4.79 Å². The van der Waals surface area contributed by atoms with Crippen molar-refractivity contribution in [3.8, 4) is 0 Å². The zero-order valence-corrected chi connectivity index (χ0v) is 12.1. The van der Waals surface area contributed by atoms with E-state index in [0.29, 0.717) is 0 Å². The Morgan fingerprint density at radius 1 is 1.39 bits per heavy atom. The van der Waals surface area contributed by atoms with Crippen LogP contribution in [0.5, 0.6) is 0 Å². The van der Waals surface area contributed by atoms with Gasteiger partial charge in [-0.15, -0.1) is 0 Å². The first-order valence-corrected chi connectivity index (χ1v) is 7.34. The van der Waals surface area contributed by atoms with E-state index >= 15 is 0 Å². The van der Waals surface area contributed by atoms with Gasteiger partial charge in [-0.1, -0.05) is 33.6 Å². The quantitative estimate of drug-likeness (QED) is 0.681. The first-order valence-electron chi connectivity index (χ1n) is 7.34. The Kier molecular flexibility index (Phi) is 6.65. The van der Waals surface area contributed by atoms with Gasteiger partial charge < -0.3 is 16.0 Å². The van der Waals surface area contributed by atoms with Crippen LogP contribution in [0.1, 0.15) is 52.9 Å². The third-order valence-corrected chi connectivity index (χ3v) is 3.83. The topological polar surface area (TPSA) is 58.4 Å². The second-order valence-corrected chi connectivity index (χ2v) is 5.63. The zero-order chi connectivity index (χ0) is 13.5. The molecule has 0 spiro atoms. The molecule has 1 unspecified atom stereocenters. The molecule has 3 N–H and O–H groups in total. The van der Waals surface area contributed by atoms with E-state index in [4.69, 9.17) is 5.73 Å². The number of nitrogens with zero attached hydrogens (tertiary/aromatic N) is 1. The molecule has 1 amide bonds. The van der Waals surface area contributed by atoms with Crippen LogP contribution in [-0.2, 0) is 4.79 Å². The summed E-state index contributed by atoms with van der Waals surface area (Å²) in [7, 11) is 0. The van der Waals surface area contributed by atoms with Gasteiger partial charge in [0, 0.05) is 18.5 Å². The smallest absolute Gasteiger partial charge is 0.223 e. The monoisotopic (exact) mass is 255 g/mol. The van der Waals surface area contributed by atoms with Gasteiger partial charge in [-0.25, -0.2) is 0 Å². The van der Waals surface area contributed by atoms with Crippen LogP contribution < -0.4 is 11.1 Å². The van der Waals surface area contributed by atoms with Crippen molar-refractivity contribution in [1.82, 2.24) is 10.2 Å². The molecule has 0 aromatic rings. The largest absolute Gasteiger partial charge is 0.341 e. The molecule has 1 aliphatic carbocycles. The van der Waals surface area contributed by atoms with Crippen LogP contribution in [0.4, 0.5) is 0 Å². The normalized spacial score (nSPS) is 18.6. The molecule has 1 rings (SSSR count). The lowest BCUT2D eigenvalue weighted by molar-refractivity contribution is -0.124. The molecule has 0 radical (unpaired) electrons. The summed E-state index contributed by atoms with van der Waals surface area (Å²) >= 11 is 0. The van der Waals surface area contributed by atoms with Gasteiger partial charge in [-0.3, -0.25) is 4.79 Å². The number of nitrogens with one attached hydrogen (secondary N) is 1. The van der Waals surface area contributed by atoms with Crippen molar-refractivity contribution >= 4 is 5.91 Å². The Balaban J connectivity index is 2.26. The van der Waals surface area contributed by atoms with Crippen LogP contribution in [0.3, 0.4) is 0 Å². The second kappa shape index (κ2) is 7.74. The van der Waals surface area contributed by atoms with Gasteiger partial charge in [-0.2, -0.15) is 0 Å². The van der Waals surface area contributed by atoms with E-state index in [0.717, 1.165) is 25.6 Å². The Morgan fingerprint density at radius 3 is 2.50 bits per heavy atom. The fourth-order valence-corrected chi connectivity index (χ4v) is 2.59. The first-order chi connectivity index (χ1) is 8.54. The molecule has 0 saturated heterocycles. The van der Waals surface area contributed by atoms with Crippen LogP contribution in [0.2, 0.25) is 0 Å². The maximum absolute atomic E-state index is 11.5. The van der Waals surface area contributed by atoms with Gasteiger partial charge in [-0.05, 0) is 25.8 Å². The first kappa shape index (κ1) is 15.4. The van der Waals surface area contributed by atoms with E-state index in [2.05, 4.69) is 17.1 Å². The van der Waals surface area contributed by atoms with Gasteiger partial charge in [0.25, 0.3) is 0 Å². The number of rotatable bonds is 7. The molecule has 0 aromatic carbocycles. The second-order valence-electron chi connectivity index (χ2n) is 5.63. The van der Waals surface area contributed by atoms with Crippen LogP contribution >= 0.6 is 0 Å². The van der Waals surface area contributed by atoms with Gasteiger partial charge in [0.1, 0.15) is 0 Å². The molecule has 0 heterocycles. The molecule has 0 bridgehead atoms. The summed E-state index contributed by atoms with van der Waals surface area (Å²) in [6.45, 7) is 8.05. The molecule has 4 heteroatoms. The Hall–Kier alpha value is -0.610. The van der Waals surface area contributed by atoms with Crippen molar-refractivity contribution in [1.29, 1.82) is 0 Å². The standard InChI is InChI=1S/C14H29N3O/c1-4-17(12-7-5-6-8-12)10-9-13(15)16-14(18)11(2)3/h11-13H,4-10,15H2,1-3H3,(H,16,18). The fourth-order valence-electron chi connectivity index (χ4n) is 2.59. The van der Waals surface area contributed by atoms with Gasteiger partial charge >= 0.3 is 0 Å². The van der Waals surface area contributed by atoms with Crippen LogP contribution in [0.25, 0.3) is 0 Å². The third kappa shape index (κ3) is 4.94. The van der Waals surface area contributed by atoms with E-state index in [1.165, 1.54) is 25.7 Å². The van der Waals surface area contributed by atoms with Gasteiger partial charge in [0.2, 0.25) is 5.91 Å². The highest BCUT2D eigenvalue weighted by Gasteiger charge is 2.21. The molecule has 4 nitrogen and oxygen atoms in total. The minimum absolute atomic E-state index is 0.00756. The highest BCUT2D eigenvalue weighted by atomic mass is 16.2. The Bertz CT molecular complexity index is 249. The summed E-state index contributed by atoms with van der Waals surface area (Å²) in [5.74, 6) is 0.0552. The molecule has 1 fully saturated rings. The number of carbonyl (C=O) groups excluding carboxylic acids is 1. The summed E-state index contributed by atoms with van der Waals surface area (Å²) in [5.41, 5.74) is 5.96. The number of hydrogen-bond donors (Lipinski definition) is 2. The Labute approximate surface area is 111 Å². The van der Waals surface area contributed by atoms with Crippen molar-refractivity contribution in [2.24, 2.45) is 11.7 Å². The van der Waals surface area contributed by atoms with Crippen molar-refractivity contribution in [3.05, 3.63) is 0 Å². The van der Waals surface area contributed by atoms with Crippen molar-refractivity contribution in [2.75, 3.05) is 13.1 Å². The van der Waals surface area contributed by atoms with Gasteiger partial charge in [0.05, 0.1) is 6.17 Å². The number of amides is 1. The predicted molar refractivity (Wildman–Crippen MR) is 75.1 cm³/mol. The summed E-state index contributed by atoms with van der Waals surface area (Å²) in [6, 6.07) is 0.739. The summed E-state index contributed by atoms with van der Waals surface area (Å²) in [4.78, 5) is 14.0. The number of nitrogens with two attached hydrogens (primary N) is 1. The van der Waals surface area contributed by atoms with E-state index in [1.807, 2.05) is 13.8 Å². The fraction of sp³-hybridized carbons (Fsp3) is 0.929. The van der Waals surface area contributed by atoms with Crippen LogP contribution in [0.15, 0.2) is 0 Å². The lowest BCUT2D eigenvalue weighted by atomic mass is 10.1. The van der Waals surface area contributed by atoms with Crippen molar-refractivity contribution in [3.63, 3.8) is 0 Å². The molecule has 18 heavy (non-hydrogen) atoms. The lowest BCUT2D eigenvalue weighted by Gasteiger charge is -2.28. The zero-order valence-electron chi connectivity index (χ0n) is 12.1. The average molecular weight is 255 g/mol. The lowest BCUT2D eigenvalue weighted by Crippen LogP contribution is -2.46. The number of hydrogen-bond acceptors (Lipinski definition) is 3. The average Bonchev–Trinajstić information content (AvgIpc) is 2.83. The molecular formula is C14H29N3O. The van der Waals surface area contributed by atoms with E-state index in [9.17, 15) is 4.79 Å². The minimum Gasteiger partial charge on any atom is -0.341 e. The molecular weight excluding hydrogens is 226 g/mol. The molecule has 0 aliphatic heterocycles. The minimum atomic E-state index is -0.213. The molecule has 1 aliphatic rings. The maximum atomic E-state index is 11.5. The third-order valence-electron chi connectivity index (χ3n) is 3.83. The Morgan fingerprint density at radius 2 is 2.00 bits per heavy atom. The van der Waals surface area contributed by atoms with E-state index in [-0.39, 0.29) is 18.0 Å². The van der Waals surface area contributed by atoms with Crippen LogP contribution in [-0.4, -0.2) is 36.1 Å². The molecule has 1 saturated carbocycles. The number of carbonyl (C=O) groups is 1. The molecule has 1 atom stereocenters. The summed E-state index contributed by atoms with van der Waals surface area (Å²) < 4.78 is 0. The van der Waals surface area contributed by atoms with E-state index in [1.54, 1.807) is 0 Å². The summed E-state index contributed by atoms with van der Waals surface area (Å²) in [6.07, 6.45) is 5.98. The highest BCUT2D eigenvalue weighted by Crippen LogP contribution is 2.23. The highest BCUT2D eigenvalue weighted by molar-refractivity contribution is 5.78. The van der Waals surface area contributed by atoms with E-state index < -0.39 is 0 Å². The van der Waals surface area contributed by atoms with Gasteiger partial charge in [0.15, 0.2) is 0 Å². The molecule has 0 aromatic heterocycles.